The second-order valence-electron chi connectivity index (χ2n) is 4.37. The first-order valence-electron chi connectivity index (χ1n) is 6.38. The monoisotopic (exact) mass is 374 g/mol. The molecular formula is C14H16BrClN2O3. The van der Waals surface area contributed by atoms with Gasteiger partial charge >= 0.3 is 0 Å². The Hall–Kier alpha value is -1.08. The van der Waals surface area contributed by atoms with E-state index in [1.54, 1.807) is 42.3 Å². The maximum atomic E-state index is 10.3. The molecule has 7 heteroatoms. The molecule has 0 aliphatic carbocycles. The van der Waals surface area contributed by atoms with E-state index < -0.39 is 6.10 Å². The van der Waals surface area contributed by atoms with Crippen molar-refractivity contribution < 1.29 is 14.6 Å². The average Bonchev–Trinajstić information content (AvgIpc) is 2.85. The van der Waals surface area contributed by atoms with Crippen molar-refractivity contribution in [2.75, 3.05) is 20.3 Å². The van der Waals surface area contributed by atoms with Crippen molar-refractivity contribution in [2.45, 2.75) is 12.6 Å². The van der Waals surface area contributed by atoms with Crippen LogP contribution in [0.25, 0.3) is 0 Å². The molecule has 2 rings (SSSR count). The molecule has 1 unspecified atom stereocenters. The first-order chi connectivity index (χ1) is 10.1. The molecule has 0 amide bonds. The minimum atomic E-state index is -0.797. The van der Waals surface area contributed by atoms with Gasteiger partial charge in [0, 0.05) is 12.1 Å². The number of aliphatic hydroxyl groups is 1. The number of halogens is 2. The Morgan fingerprint density at radius 2 is 2.10 bits per heavy atom. The summed E-state index contributed by atoms with van der Waals surface area (Å²) < 4.78 is 13.0. The Morgan fingerprint density at radius 3 is 2.76 bits per heavy atom. The molecule has 1 aromatic carbocycles. The topological polar surface area (TPSA) is 56.5 Å². The van der Waals surface area contributed by atoms with Gasteiger partial charge in [-0.05, 0) is 40.2 Å². The summed E-state index contributed by atoms with van der Waals surface area (Å²) in [5.41, 5.74) is 0.668. The molecule has 1 atom stereocenters. The predicted molar refractivity (Wildman–Crippen MR) is 83.7 cm³/mol. The SMILES string of the molecule is COCCn1ncc(Br)c1C(O)COc1ccc(Cl)cc1. The number of aliphatic hydroxyl groups excluding tert-OH is 1. The fourth-order valence-corrected chi connectivity index (χ4v) is 2.53. The molecule has 0 bridgehead atoms. The van der Waals surface area contributed by atoms with E-state index in [0.717, 1.165) is 4.47 Å². The summed E-state index contributed by atoms with van der Waals surface area (Å²) in [6.45, 7) is 1.21. The van der Waals surface area contributed by atoms with Gasteiger partial charge in [-0.15, -0.1) is 0 Å². The van der Waals surface area contributed by atoms with E-state index in [1.807, 2.05) is 0 Å². The van der Waals surface area contributed by atoms with E-state index in [4.69, 9.17) is 21.1 Å². The van der Waals surface area contributed by atoms with Gasteiger partial charge in [-0.25, -0.2) is 0 Å². The largest absolute Gasteiger partial charge is 0.490 e. The summed E-state index contributed by atoms with van der Waals surface area (Å²) in [4.78, 5) is 0. The Kier molecular flexibility index (Phi) is 6.05. The fraction of sp³-hybridized carbons (Fsp3) is 0.357. The second-order valence-corrected chi connectivity index (χ2v) is 5.67. The lowest BCUT2D eigenvalue weighted by Gasteiger charge is -2.15. The molecule has 0 saturated heterocycles. The van der Waals surface area contributed by atoms with Gasteiger partial charge in [-0.3, -0.25) is 4.68 Å². The highest BCUT2D eigenvalue weighted by molar-refractivity contribution is 9.10. The van der Waals surface area contributed by atoms with E-state index >= 15 is 0 Å². The van der Waals surface area contributed by atoms with Crippen LogP contribution in [-0.2, 0) is 11.3 Å². The molecule has 114 valence electrons. The lowest BCUT2D eigenvalue weighted by atomic mass is 10.2. The molecule has 0 aliphatic heterocycles. The summed E-state index contributed by atoms with van der Waals surface area (Å²) in [5.74, 6) is 0.650. The molecule has 0 fully saturated rings. The van der Waals surface area contributed by atoms with Crippen LogP contribution in [0.5, 0.6) is 5.75 Å². The van der Waals surface area contributed by atoms with Gasteiger partial charge in [0.1, 0.15) is 18.5 Å². The van der Waals surface area contributed by atoms with Gasteiger partial charge in [0.25, 0.3) is 0 Å². The molecule has 2 aromatic rings. The fourth-order valence-electron chi connectivity index (χ4n) is 1.84. The molecule has 0 radical (unpaired) electrons. The van der Waals surface area contributed by atoms with Crippen molar-refractivity contribution in [1.82, 2.24) is 9.78 Å². The lowest BCUT2D eigenvalue weighted by molar-refractivity contribution is 0.0967. The highest BCUT2D eigenvalue weighted by atomic mass is 79.9. The number of hydrogen-bond acceptors (Lipinski definition) is 4. The minimum Gasteiger partial charge on any atom is -0.490 e. The minimum absolute atomic E-state index is 0.124. The van der Waals surface area contributed by atoms with Gasteiger partial charge in [0.15, 0.2) is 0 Å². The number of hydrogen-bond donors (Lipinski definition) is 1. The van der Waals surface area contributed by atoms with Crippen molar-refractivity contribution in [3.8, 4) is 5.75 Å². The van der Waals surface area contributed by atoms with E-state index in [2.05, 4.69) is 21.0 Å². The van der Waals surface area contributed by atoms with Crippen LogP contribution >= 0.6 is 27.5 Å². The van der Waals surface area contributed by atoms with E-state index in [-0.39, 0.29) is 6.61 Å². The van der Waals surface area contributed by atoms with Gasteiger partial charge in [0.2, 0.25) is 0 Å². The second kappa shape index (κ2) is 7.79. The van der Waals surface area contributed by atoms with Crippen molar-refractivity contribution in [2.24, 2.45) is 0 Å². The summed E-state index contributed by atoms with van der Waals surface area (Å²) >= 11 is 9.20. The van der Waals surface area contributed by atoms with Gasteiger partial charge in [0.05, 0.1) is 29.5 Å². The Balaban J connectivity index is 2.01. The third-order valence-electron chi connectivity index (χ3n) is 2.88. The average molecular weight is 376 g/mol. The molecule has 0 saturated carbocycles. The first-order valence-corrected chi connectivity index (χ1v) is 7.55. The predicted octanol–water partition coefficient (Wildman–Crippen LogP) is 3.06. The number of rotatable bonds is 7. The van der Waals surface area contributed by atoms with E-state index in [1.165, 1.54) is 0 Å². The zero-order valence-electron chi connectivity index (χ0n) is 11.5. The molecular weight excluding hydrogens is 360 g/mol. The molecule has 1 aromatic heterocycles. The van der Waals surface area contributed by atoms with Crippen LogP contribution in [0.15, 0.2) is 34.9 Å². The smallest absolute Gasteiger partial charge is 0.131 e. The van der Waals surface area contributed by atoms with Crippen LogP contribution in [0.3, 0.4) is 0 Å². The highest BCUT2D eigenvalue weighted by Gasteiger charge is 2.18. The Labute approximate surface area is 136 Å². The van der Waals surface area contributed by atoms with Crippen LogP contribution in [0, 0.1) is 0 Å². The zero-order valence-corrected chi connectivity index (χ0v) is 13.8. The van der Waals surface area contributed by atoms with E-state index in [0.29, 0.717) is 29.6 Å². The number of benzene rings is 1. The highest BCUT2D eigenvalue weighted by Crippen LogP contribution is 2.24. The van der Waals surface area contributed by atoms with Gasteiger partial charge in [-0.2, -0.15) is 5.10 Å². The molecule has 0 spiro atoms. The summed E-state index contributed by atoms with van der Waals surface area (Å²) in [6.07, 6.45) is 0.852. The lowest BCUT2D eigenvalue weighted by Crippen LogP contribution is -2.17. The number of ether oxygens (including phenoxy) is 2. The summed E-state index contributed by atoms with van der Waals surface area (Å²) in [7, 11) is 1.62. The maximum absolute atomic E-state index is 10.3. The molecule has 1 N–H and O–H groups in total. The number of aromatic nitrogens is 2. The van der Waals surface area contributed by atoms with Crippen LogP contribution in [0.1, 0.15) is 11.8 Å². The molecule has 0 aliphatic rings. The third-order valence-corrected chi connectivity index (χ3v) is 3.74. The number of methoxy groups -OCH3 is 1. The molecule has 21 heavy (non-hydrogen) atoms. The first kappa shape index (κ1) is 16.3. The standard InChI is InChI=1S/C14H16BrClN2O3/c1-20-7-6-18-14(12(15)8-17-18)13(19)9-21-11-4-2-10(16)3-5-11/h2-5,8,13,19H,6-7,9H2,1H3. The Morgan fingerprint density at radius 1 is 1.38 bits per heavy atom. The van der Waals surface area contributed by atoms with Crippen LogP contribution < -0.4 is 4.74 Å². The number of nitrogens with zero attached hydrogens (tertiary/aromatic N) is 2. The van der Waals surface area contributed by atoms with Crippen LogP contribution in [0.4, 0.5) is 0 Å². The molecule has 5 nitrogen and oxygen atoms in total. The van der Waals surface area contributed by atoms with Crippen LogP contribution in [-0.4, -0.2) is 35.2 Å². The van der Waals surface area contributed by atoms with E-state index in [9.17, 15) is 5.11 Å². The van der Waals surface area contributed by atoms with Gasteiger partial charge < -0.3 is 14.6 Å². The third kappa shape index (κ3) is 4.44. The molecule has 1 heterocycles. The Bertz CT molecular complexity index is 574. The van der Waals surface area contributed by atoms with Crippen LogP contribution in [0.2, 0.25) is 5.02 Å². The maximum Gasteiger partial charge on any atom is 0.131 e. The van der Waals surface area contributed by atoms with Crippen molar-refractivity contribution in [1.29, 1.82) is 0 Å². The normalized spacial score (nSPS) is 12.4. The van der Waals surface area contributed by atoms with Crippen molar-refractivity contribution in [3.05, 3.63) is 45.7 Å². The van der Waals surface area contributed by atoms with Crippen molar-refractivity contribution in [3.63, 3.8) is 0 Å². The van der Waals surface area contributed by atoms with Gasteiger partial charge in [-0.1, -0.05) is 11.6 Å². The zero-order chi connectivity index (χ0) is 15.2. The summed E-state index contributed by atoms with van der Waals surface area (Å²) in [5, 5.41) is 15.1. The summed E-state index contributed by atoms with van der Waals surface area (Å²) in [6, 6.07) is 6.99. The quantitative estimate of drug-likeness (QED) is 0.808. The van der Waals surface area contributed by atoms with Crippen molar-refractivity contribution >= 4 is 27.5 Å².